The molecule has 3 nitrogen and oxygen atoms in total. The zero-order valence-corrected chi connectivity index (χ0v) is 13.9. The van der Waals surface area contributed by atoms with Gasteiger partial charge in [0, 0.05) is 15.5 Å². The number of carbonyl (C=O) groups excluding carboxylic acids is 1. The van der Waals surface area contributed by atoms with Gasteiger partial charge in [-0.15, -0.1) is 0 Å². The van der Waals surface area contributed by atoms with Gasteiger partial charge in [-0.05, 0) is 48.5 Å². The summed E-state index contributed by atoms with van der Waals surface area (Å²) in [6.07, 6.45) is 0. The molecule has 0 unspecified atom stereocenters. The van der Waals surface area contributed by atoms with E-state index in [0.29, 0.717) is 16.8 Å². The molecule has 1 amide bonds. The first-order chi connectivity index (χ1) is 12.2. The Hall–Kier alpha value is -3.10. The Labute approximate surface area is 149 Å². The van der Waals surface area contributed by atoms with Gasteiger partial charge in [0.1, 0.15) is 11.9 Å². The van der Waals surface area contributed by atoms with Crippen molar-refractivity contribution in [2.24, 2.45) is 0 Å². The van der Waals surface area contributed by atoms with Crippen molar-refractivity contribution < 1.29 is 9.18 Å². The Morgan fingerprint density at radius 2 is 1.56 bits per heavy atom. The van der Waals surface area contributed by atoms with Gasteiger partial charge in [0.15, 0.2) is 0 Å². The second-order valence-corrected chi connectivity index (χ2v) is 6.25. The summed E-state index contributed by atoms with van der Waals surface area (Å²) >= 11 is 1.36. The predicted octanol–water partition coefficient (Wildman–Crippen LogP) is 5.10. The molecule has 0 radical (unpaired) electrons. The molecule has 0 spiro atoms. The van der Waals surface area contributed by atoms with E-state index in [9.17, 15) is 14.4 Å². The first kappa shape index (κ1) is 16.7. The maximum Gasteiger partial charge on any atom is 0.256 e. The molecule has 0 fully saturated rings. The second kappa shape index (κ2) is 7.65. The fraction of sp³-hybridized carbons (Fsp3) is 0. The molecule has 0 heterocycles. The van der Waals surface area contributed by atoms with Crippen molar-refractivity contribution in [2.75, 3.05) is 5.32 Å². The number of nitrogens with one attached hydrogen (secondary N) is 1. The molecule has 3 aromatic rings. The third-order valence-electron chi connectivity index (χ3n) is 3.46. The van der Waals surface area contributed by atoms with Gasteiger partial charge >= 0.3 is 0 Å². The quantitative estimate of drug-likeness (QED) is 0.713. The van der Waals surface area contributed by atoms with Crippen molar-refractivity contribution in [1.29, 1.82) is 5.26 Å². The highest BCUT2D eigenvalue weighted by Crippen LogP contribution is 2.32. The van der Waals surface area contributed by atoms with E-state index < -0.39 is 0 Å². The Morgan fingerprint density at radius 1 is 0.920 bits per heavy atom. The fourth-order valence-corrected chi connectivity index (χ4v) is 3.27. The van der Waals surface area contributed by atoms with Gasteiger partial charge in [0.25, 0.3) is 5.91 Å². The van der Waals surface area contributed by atoms with Crippen LogP contribution in [0.2, 0.25) is 0 Å². The first-order valence-corrected chi connectivity index (χ1v) is 8.32. The zero-order chi connectivity index (χ0) is 17.6. The molecule has 0 atom stereocenters. The first-order valence-electron chi connectivity index (χ1n) is 7.50. The lowest BCUT2D eigenvalue weighted by atomic mass is 10.2. The molecule has 0 aliphatic carbocycles. The third kappa shape index (κ3) is 4.06. The highest BCUT2D eigenvalue weighted by molar-refractivity contribution is 7.99. The summed E-state index contributed by atoms with van der Waals surface area (Å²) < 4.78 is 13.0. The molecular formula is C20H13FN2OS. The maximum absolute atomic E-state index is 13.0. The minimum atomic E-state index is -0.359. The van der Waals surface area contributed by atoms with E-state index in [1.807, 2.05) is 24.3 Å². The van der Waals surface area contributed by atoms with E-state index in [2.05, 4.69) is 11.4 Å². The molecule has 3 rings (SSSR count). The van der Waals surface area contributed by atoms with Crippen LogP contribution in [0, 0.1) is 17.1 Å². The molecule has 25 heavy (non-hydrogen) atoms. The average molecular weight is 348 g/mol. The number of benzene rings is 3. The number of anilines is 1. The molecule has 0 aliphatic rings. The van der Waals surface area contributed by atoms with Gasteiger partial charge in [-0.25, -0.2) is 4.39 Å². The van der Waals surface area contributed by atoms with Gasteiger partial charge in [0.05, 0.1) is 11.1 Å². The van der Waals surface area contributed by atoms with Crippen molar-refractivity contribution in [3.63, 3.8) is 0 Å². The lowest BCUT2D eigenvalue weighted by molar-refractivity contribution is 0.102. The van der Waals surface area contributed by atoms with Crippen LogP contribution in [0.3, 0.4) is 0 Å². The van der Waals surface area contributed by atoms with Crippen molar-refractivity contribution in [3.8, 4) is 6.07 Å². The van der Waals surface area contributed by atoms with E-state index in [4.69, 9.17) is 0 Å². The van der Waals surface area contributed by atoms with Crippen LogP contribution in [0.4, 0.5) is 10.1 Å². The summed E-state index contributed by atoms with van der Waals surface area (Å²) in [5.41, 5.74) is 1.56. The number of nitriles is 1. The van der Waals surface area contributed by atoms with E-state index in [1.54, 1.807) is 24.3 Å². The Kier molecular flexibility index (Phi) is 5.12. The molecule has 0 bridgehead atoms. The van der Waals surface area contributed by atoms with Crippen LogP contribution in [0.1, 0.15) is 15.9 Å². The smallest absolute Gasteiger partial charge is 0.256 e. The molecule has 0 saturated heterocycles. The van der Waals surface area contributed by atoms with Crippen LogP contribution in [0.15, 0.2) is 82.6 Å². The molecule has 122 valence electrons. The number of carbonyl (C=O) groups is 1. The molecule has 3 aromatic carbocycles. The minimum absolute atomic E-state index is 0.288. The van der Waals surface area contributed by atoms with Crippen LogP contribution in [-0.4, -0.2) is 5.91 Å². The zero-order valence-electron chi connectivity index (χ0n) is 13.1. The number of halogens is 1. The number of amides is 1. The Bertz CT molecular complexity index is 948. The maximum atomic E-state index is 13.0. The van der Waals surface area contributed by atoms with Gasteiger partial charge in [-0.2, -0.15) is 5.26 Å². The lowest BCUT2D eigenvalue weighted by Gasteiger charge is -2.10. The highest BCUT2D eigenvalue weighted by atomic mass is 32.2. The van der Waals surface area contributed by atoms with Crippen LogP contribution < -0.4 is 5.32 Å². The van der Waals surface area contributed by atoms with Gasteiger partial charge in [0.2, 0.25) is 0 Å². The minimum Gasteiger partial charge on any atom is -0.322 e. The Morgan fingerprint density at radius 3 is 2.28 bits per heavy atom. The largest absolute Gasteiger partial charge is 0.322 e. The van der Waals surface area contributed by atoms with Crippen molar-refractivity contribution in [3.05, 3.63) is 89.7 Å². The molecule has 0 saturated carbocycles. The van der Waals surface area contributed by atoms with Crippen molar-refractivity contribution >= 4 is 23.4 Å². The molecule has 5 heteroatoms. The molecule has 0 aliphatic heterocycles. The SMILES string of the molecule is N#Cc1ccccc1Sc1ccccc1C(=O)Nc1ccc(F)cc1. The van der Waals surface area contributed by atoms with Crippen LogP contribution in [0.5, 0.6) is 0 Å². The average Bonchev–Trinajstić information content (AvgIpc) is 2.64. The van der Waals surface area contributed by atoms with Gasteiger partial charge in [-0.1, -0.05) is 36.0 Å². The second-order valence-electron chi connectivity index (χ2n) is 5.17. The molecule has 1 N–H and O–H groups in total. The van der Waals surface area contributed by atoms with E-state index >= 15 is 0 Å². The van der Waals surface area contributed by atoms with Crippen LogP contribution in [0.25, 0.3) is 0 Å². The summed E-state index contributed by atoms with van der Waals surface area (Å²) in [5, 5.41) is 12.0. The molecular weight excluding hydrogens is 335 g/mol. The number of hydrogen-bond acceptors (Lipinski definition) is 3. The van der Waals surface area contributed by atoms with Crippen molar-refractivity contribution in [2.45, 2.75) is 9.79 Å². The molecule has 0 aromatic heterocycles. The summed E-state index contributed by atoms with van der Waals surface area (Å²) in [6, 6.07) is 22.2. The van der Waals surface area contributed by atoms with Crippen molar-refractivity contribution in [1.82, 2.24) is 0 Å². The van der Waals surface area contributed by atoms with Gasteiger partial charge < -0.3 is 5.32 Å². The van der Waals surface area contributed by atoms with E-state index in [0.717, 1.165) is 9.79 Å². The summed E-state index contributed by atoms with van der Waals surface area (Å²) in [4.78, 5) is 14.1. The topological polar surface area (TPSA) is 52.9 Å². The van der Waals surface area contributed by atoms with Crippen LogP contribution >= 0.6 is 11.8 Å². The lowest BCUT2D eigenvalue weighted by Crippen LogP contribution is -2.12. The highest BCUT2D eigenvalue weighted by Gasteiger charge is 2.13. The van der Waals surface area contributed by atoms with E-state index in [-0.39, 0.29) is 11.7 Å². The fourth-order valence-electron chi connectivity index (χ4n) is 2.24. The van der Waals surface area contributed by atoms with E-state index in [1.165, 1.54) is 36.0 Å². The monoisotopic (exact) mass is 348 g/mol. The normalized spacial score (nSPS) is 10.1. The number of rotatable bonds is 4. The third-order valence-corrected chi connectivity index (χ3v) is 4.61. The number of hydrogen-bond donors (Lipinski definition) is 1. The standard InChI is InChI=1S/C20H13FN2OS/c21-15-9-11-16(12-10-15)23-20(24)17-6-2-4-8-19(17)25-18-7-3-1-5-14(18)13-22/h1-12H,(H,23,24). The van der Waals surface area contributed by atoms with Crippen LogP contribution in [-0.2, 0) is 0 Å². The Balaban J connectivity index is 1.86. The number of nitrogens with zero attached hydrogens (tertiary/aromatic N) is 1. The summed E-state index contributed by atoms with van der Waals surface area (Å²) in [5.74, 6) is -0.647. The predicted molar refractivity (Wildman–Crippen MR) is 96.1 cm³/mol. The van der Waals surface area contributed by atoms with Gasteiger partial charge in [-0.3, -0.25) is 4.79 Å². The summed E-state index contributed by atoms with van der Waals surface area (Å²) in [6.45, 7) is 0. The summed E-state index contributed by atoms with van der Waals surface area (Å²) in [7, 11) is 0.